The van der Waals surface area contributed by atoms with Gasteiger partial charge in [-0.2, -0.15) is 11.8 Å². The van der Waals surface area contributed by atoms with Crippen LogP contribution in [0.5, 0.6) is 0 Å². The molecule has 11 heavy (non-hydrogen) atoms. The molecule has 0 unspecified atom stereocenters. The summed E-state index contributed by atoms with van der Waals surface area (Å²) in [5.74, 6) is 0.520. The quantitative estimate of drug-likeness (QED) is 0.488. The summed E-state index contributed by atoms with van der Waals surface area (Å²) in [6.07, 6.45) is 0.467. The van der Waals surface area contributed by atoms with Crippen LogP contribution in [0.2, 0.25) is 0 Å². The van der Waals surface area contributed by atoms with Crippen LogP contribution in [0.1, 0.15) is 20.3 Å². The highest BCUT2D eigenvalue weighted by atomic mass is 32.2. The molecule has 0 heterocycles. The summed E-state index contributed by atoms with van der Waals surface area (Å²) in [6.45, 7) is 4.08. The molecule has 0 amide bonds. The summed E-state index contributed by atoms with van der Waals surface area (Å²) in [5, 5.41) is 0.504. The summed E-state index contributed by atoms with van der Waals surface area (Å²) in [5.41, 5.74) is 0. The zero-order valence-corrected chi connectivity index (χ0v) is 8.37. The highest BCUT2D eigenvalue weighted by Gasteiger charge is 1.97. The Kier molecular flexibility index (Phi) is 5.12. The Hall–Kier alpha value is 0.260. The van der Waals surface area contributed by atoms with Crippen molar-refractivity contribution in [3.05, 3.63) is 0 Å². The molecule has 0 fully saturated rings. The van der Waals surface area contributed by atoms with Crippen molar-refractivity contribution in [1.82, 2.24) is 0 Å². The molecule has 0 aliphatic carbocycles. The van der Waals surface area contributed by atoms with Gasteiger partial charge in [0.15, 0.2) is 0 Å². The molecule has 0 bridgehead atoms. The lowest BCUT2D eigenvalue weighted by molar-refractivity contribution is 0.462. The van der Waals surface area contributed by atoms with E-state index in [2.05, 4.69) is 0 Å². The molecule has 0 N–H and O–H groups in total. The van der Waals surface area contributed by atoms with E-state index < -0.39 is 10.1 Å². The molecule has 0 radical (unpaired) electrons. The highest BCUT2D eigenvalue weighted by molar-refractivity contribution is 7.99. The fourth-order valence-electron chi connectivity index (χ4n) is 0.555. The maximum Gasteiger partial charge on any atom is 0.0946 e. The van der Waals surface area contributed by atoms with Crippen LogP contribution in [-0.2, 0) is 10.1 Å². The largest absolute Gasteiger partial charge is 0.748 e. The van der Waals surface area contributed by atoms with Crippen molar-refractivity contribution in [2.75, 3.05) is 11.5 Å². The Morgan fingerprint density at radius 2 is 2.00 bits per heavy atom. The second-order valence-electron chi connectivity index (χ2n) is 2.53. The van der Waals surface area contributed by atoms with Crippen molar-refractivity contribution in [1.29, 1.82) is 0 Å². The molecular formula is C6H13O3S2-. The van der Waals surface area contributed by atoms with Crippen LogP contribution >= 0.6 is 11.8 Å². The molecule has 0 aromatic rings. The second kappa shape index (κ2) is 5.00. The van der Waals surface area contributed by atoms with Crippen LogP contribution in [-0.4, -0.2) is 29.7 Å². The van der Waals surface area contributed by atoms with Gasteiger partial charge in [0.2, 0.25) is 0 Å². The third kappa shape index (κ3) is 10.3. The van der Waals surface area contributed by atoms with Gasteiger partial charge in [0.25, 0.3) is 0 Å². The minimum absolute atomic E-state index is 0.229. The van der Waals surface area contributed by atoms with Crippen LogP contribution in [0, 0.1) is 0 Å². The van der Waals surface area contributed by atoms with Crippen LogP contribution in [0.25, 0.3) is 0 Å². The molecule has 0 aromatic heterocycles. The van der Waals surface area contributed by atoms with Crippen molar-refractivity contribution in [2.45, 2.75) is 25.5 Å². The molecule has 0 aromatic carbocycles. The molecule has 0 saturated heterocycles. The van der Waals surface area contributed by atoms with Gasteiger partial charge < -0.3 is 4.55 Å². The lowest BCUT2D eigenvalue weighted by Gasteiger charge is -2.07. The highest BCUT2D eigenvalue weighted by Crippen LogP contribution is 2.10. The predicted octanol–water partition coefficient (Wildman–Crippen LogP) is 1.06. The van der Waals surface area contributed by atoms with E-state index in [-0.39, 0.29) is 5.75 Å². The first-order valence-corrected chi connectivity index (χ1v) is 6.09. The Labute approximate surface area is 72.3 Å². The number of thioether (sulfide) groups is 1. The van der Waals surface area contributed by atoms with Crippen molar-refractivity contribution in [3.63, 3.8) is 0 Å². The van der Waals surface area contributed by atoms with E-state index in [0.717, 1.165) is 5.75 Å². The minimum atomic E-state index is -3.99. The predicted molar refractivity (Wildman–Crippen MR) is 46.8 cm³/mol. The van der Waals surface area contributed by atoms with Crippen LogP contribution in [0.4, 0.5) is 0 Å². The number of hydrogen-bond acceptors (Lipinski definition) is 4. The summed E-state index contributed by atoms with van der Waals surface area (Å²) >= 11 is 1.67. The van der Waals surface area contributed by atoms with Gasteiger partial charge in [0.05, 0.1) is 10.1 Å². The Bertz CT molecular complexity index is 184. The molecule has 68 valence electrons. The zero-order chi connectivity index (χ0) is 8.91. The van der Waals surface area contributed by atoms with Gasteiger partial charge in [-0.3, -0.25) is 0 Å². The van der Waals surface area contributed by atoms with Gasteiger partial charge in [-0.1, -0.05) is 13.8 Å². The molecule has 0 rings (SSSR count). The van der Waals surface area contributed by atoms with Crippen LogP contribution in [0.3, 0.4) is 0 Å². The molecule has 0 spiro atoms. The summed E-state index contributed by atoms with van der Waals surface area (Å²) in [6, 6.07) is 0. The van der Waals surface area contributed by atoms with E-state index >= 15 is 0 Å². The number of hydrogen-bond donors (Lipinski definition) is 0. The molecule has 0 saturated carbocycles. The van der Waals surface area contributed by atoms with Crippen molar-refractivity contribution >= 4 is 21.9 Å². The summed E-state index contributed by atoms with van der Waals surface area (Å²) < 4.78 is 30.3. The Morgan fingerprint density at radius 3 is 2.36 bits per heavy atom. The van der Waals surface area contributed by atoms with Gasteiger partial charge in [-0.25, -0.2) is 8.42 Å². The smallest absolute Gasteiger partial charge is 0.0946 e. The van der Waals surface area contributed by atoms with Gasteiger partial charge in [0.1, 0.15) is 0 Å². The van der Waals surface area contributed by atoms with Crippen molar-refractivity contribution in [2.24, 2.45) is 0 Å². The van der Waals surface area contributed by atoms with E-state index in [9.17, 15) is 13.0 Å². The maximum atomic E-state index is 10.1. The molecule has 5 heteroatoms. The van der Waals surface area contributed by atoms with Gasteiger partial charge in [0, 0.05) is 5.75 Å². The Morgan fingerprint density at radius 1 is 1.45 bits per heavy atom. The molecule has 3 nitrogen and oxygen atoms in total. The maximum absolute atomic E-state index is 10.1. The monoisotopic (exact) mass is 197 g/mol. The van der Waals surface area contributed by atoms with E-state index in [4.69, 9.17) is 0 Å². The van der Waals surface area contributed by atoms with E-state index in [1.54, 1.807) is 11.8 Å². The van der Waals surface area contributed by atoms with Gasteiger partial charge in [-0.15, -0.1) is 0 Å². The third-order valence-electron chi connectivity index (χ3n) is 0.990. The zero-order valence-electron chi connectivity index (χ0n) is 6.74. The van der Waals surface area contributed by atoms with E-state index in [1.807, 2.05) is 13.8 Å². The molecular weight excluding hydrogens is 184 g/mol. The first-order valence-electron chi connectivity index (χ1n) is 3.47. The SMILES string of the molecule is CC(C)SCCCS(=O)(=O)[O-]. The van der Waals surface area contributed by atoms with Crippen LogP contribution in [0.15, 0.2) is 0 Å². The number of rotatable bonds is 5. The fraction of sp³-hybridized carbons (Fsp3) is 1.00. The average molecular weight is 197 g/mol. The van der Waals surface area contributed by atoms with E-state index in [1.165, 1.54) is 0 Å². The first-order chi connectivity index (χ1) is 4.92. The first kappa shape index (κ1) is 11.3. The Balaban J connectivity index is 3.30. The van der Waals surface area contributed by atoms with Crippen LogP contribution < -0.4 is 0 Å². The standard InChI is InChI=1S/C6H14O3S2/c1-6(2)10-4-3-5-11(7,8)9/h6H,3-5H2,1-2H3,(H,7,8,9)/p-1. The summed E-state index contributed by atoms with van der Waals surface area (Å²) in [4.78, 5) is 0. The molecule has 0 aliphatic heterocycles. The second-order valence-corrected chi connectivity index (χ2v) is 5.74. The lowest BCUT2D eigenvalue weighted by atomic mass is 10.6. The molecule has 0 aliphatic rings. The van der Waals surface area contributed by atoms with Crippen molar-refractivity contribution < 1.29 is 13.0 Å². The lowest BCUT2D eigenvalue weighted by Crippen LogP contribution is -2.05. The van der Waals surface area contributed by atoms with E-state index in [0.29, 0.717) is 11.7 Å². The van der Waals surface area contributed by atoms with Gasteiger partial charge in [-0.05, 0) is 17.4 Å². The third-order valence-corrected chi connectivity index (χ3v) is 2.97. The average Bonchev–Trinajstić information content (AvgIpc) is 1.78. The molecule has 0 atom stereocenters. The van der Waals surface area contributed by atoms with Crippen molar-refractivity contribution in [3.8, 4) is 0 Å². The topological polar surface area (TPSA) is 57.2 Å². The minimum Gasteiger partial charge on any atom is -0.748 e. The summed E-state index contributed by atoms with van der Waals surface area (Å²) in [7, 11) is -3.99. The van der Waals surface area contributed by atoms with Gasteiger partial charge >= 0.3 is 0 Å². The fourth-order valence-corrected chi connectivity index (χ4v) is 2.02. The normalized spacial score (nSPS) is 12.4.